The molecule has 0 saturated carbocycles. The SMILES string of the molecule is O=C(Cn1[c-][n+](Cc2ccccc2)cc1)Nc1ccccc1. The number of nitrogens with zero attached hydrogens (tertiary/aromatic N) is 2. The van der Waals surface area contributed by atoms with Gasteiger partial charge < -0.3 is 14.5 Å². The molecule has 4 heteroatoms. The number of hydrogen-bond acceptors (Lipinski definition) is 1. The molecule has 4 nitrogen and oxygen atoms in total. The molecular formula is C18H17N3O. The van der Waals surface area contributed by atoms with Gasteiger partial charge in [0.1, 0.15) is 6.54 Å². The highest BCUT2D eigenvalue weighted by Crippen LogP contribution is 2.05. The minimum Gasteiger partial charge on any atom is -0.347 e. The minimum absolute atomic E-state index is 0.0649. The van der Waals surface area contributed by atoms with E-state index in [4.69, 9.17) is 0 Å². The lowest BCUT2D eigenvalue weighted by atomic mass is 10.2. The highest BCUT2D eigenvalue weighted by Gasteiger charge is 2.05. The Kier molecular flexibility index (Phi) is 4.30. The largest absolute Gasteiger partial charge is 0.347 e. The highest BCUT2D eigenvalue weighted by molar-refractivity contribution is 5.90. The molecule has 0 bridgehead atoms. The third-order valence-electron chi connectivity index (χ3n) is 3.25. The van der Waals surface area contributed by atoms with E-state index in [2.05, 4.69) is 23.8 Å². The smallest absolute Gasteiger partial charge is 0.264 e. The van der Waals surface area contributed by atoms with Gasteiger partial charge in [-0.15, -0.1) is 0 Å². The Bertz CT molecular complexity index is 735. The third kappa shape index (κ3) is 3.82. The quantitative estimate of drug-likeness (QED) is 0.568. The van der Waals surface area contributed by atoms with Gasteiger partial charge in [-0.25, -0.2) is 0 Å². The Balaban J connectivity index is 1.58. The van der Waals surface area contributed by atoms with E-state index in [0.29, 0.717) is 0 Å². The van der Waals surface area contributed by atoms with Gasteiger partial charge in [-0.3, -0.25) is 4.79 Å². The van der Waals surface area contributed by atoms with Crippen molar-refractivity contribution in [3.8, 4) is 0 Å². The van der Waals surface area contributed by atoms with Crippen LogP contribution in [0.4, 0.5) is 5.69 Å². The first kappa shape index (κ1) is 14.1. The van der Waals surface area contributed by atoms with Crippen LogP contribution in [0.1, 0.15) is 5.56 Å². The van der Waals surface area contributed by atoms with Crippen LogP contribution in [0.15, 0.2) is 73.1 Å². The first-order valence-electron chi connectivity index (χ1n) is 7.16. The van der Waals surface area contributed by atoms with E-state index in [1.54, 1.807) is 4.57 Å². The molecule has 1 amide bonds. The van der Waals surface area contributed by atoms with Crippen LogP contribution in [0, 0.1) is 6.33 Å². The molecule has 1 N–H and O–H groups in total. The van der Waals surface area contributed by atoms with Crippen molar-refractivity contribution >= 4 is 11.6 Å². The molecule has 0 aliphatic rings. The Morgan fingerprint density at radius 1 is 1.05 bits per heavy atom. The maximum absolute atomic E-state index is 12.0. The zero-order valence-electron chi connectivity index (χ0n) is 12.1. The molecule has 0 saturated heterocycles. The van der Waals surface area contributed by atoms with E-state index in [9.17, 15) is 4.79 Å². The molecular weight excluding hydrogens is 274 g/mol. The topological polar surface area (TPSA) is 37.9 Å². The standard InChI is InChI=1S/C18H17N3O/c22-18(19-17-9-5-2-6-10-17)14-21-12-11-20(15-21)13-16-7-3-1-4-8-16/h1-12H,13-14H2,(H,19,22). The lowest BCUT2D eigenvalue weighted by Crippen LogP contribution is -2.32. The molecule has 0 spiro atoms. The van der Waals surface area contributed by atoms with E-state index in [1.165, 1.54) is 5.56 Å². The van der Waals surface area contributed by atoms with Gasteiger partial charge in [0.15, 0.2) is 0 Å². The summed E-state index contributed by atoms with van der Waals surface area (Å²) in [4.78, 5) is 12.0. The Labute approximate surface area is 129 Å². The van der Waals surface area contributed by atoms with Crippen molar-refractivity contribution in [2.45, 2.75) is 13.1 Å². The lowest BCUT2D eigenvalue weighted by molar-refractivity contribution is -0.692. The van der Waals surface area contributed by atoms with Crippen molar-refractivity contribution in [3.05, 3.63) is 84.9 Å². The van der Waals surface area contributed by atoms with Crippen LogP contribution in [0.25, 0.3) is 0 Å². The van der Waals surface area contributed by atoms with Crippen LogP contribution < -0.4 is 9.88 Å². The van der Waals surface area contributed by atoms with Crippen molar-refractivity contribution in [1.82, 2.24) is 4.57 Å². The number of carbonyl (C=O) groups excluding carboxylic acids is 1. The lowest BCUT2D eigenvalue weighted by Gasteiger charge is -2.04. The predicted molar refractivity (Wildman–Crippen MR) is 84.1 cm³/mol. The second-order valence-corrected chi connectivity index (χ2v) is 5.05. The summed E-state index contributed by atoms with van der Waals surface area (Å²) in [6, 6.07) is 19.6. The number of carbonyl (C=O) groups is 1. The van der Waals surface area contributed by atoms with Gasteiger partial charge in [0.25, 0.3) is 5.91 Å². The molecule has 110 valence electrons. The zero-order chi connectivity index (χ0) is 15.2. The number of rotatable bonds is 5. The summed E-state index contributed by atoms with van der Waals surface area (Å²) >= 11 is 0. The minimum atomic E-state index is -0.0649. The van der Waals surface area contributed by atoms with Gasteiger partial charge in [0, 0.05) is 5.69 Å². The van der Waals surface area contributed by atoms with Crippen molar-refractivity contribution in [2.75, 3.05) is 5.32 Å². The molecule has 0 unspecified atom stereocenters. The average molecular weight is 291 g/mol. The number of amides is 1. The first-order valence-corrected chi connectivity index (χ1v) is 7.16. The predicted octanol–water partition coefficient (Wildman–Crippen LogP) is 2.26. The molecule has 3 rings (SSSR count). The van der Waals surface area contributed by atoms with E-state index in [-0.39, 0.29) is 12.5 Å². The summed E-state index contributed by atoms with van der Waals surface area (Å²) in [7, 11) is 0. The Morgan fingerprint density at radius 2 is 1.73 bits per heavy atom. The van der Waals surface area contributed by atoms with Crippen molar-refractivity contribution < 1.29 is 9.36 Å². The second kappa shape index (κ2) is 6.72. The molecule has 0 radical (unpaired) electrons. The normalized spacial score (nSPS) is 10.4. The van der Waals surface area contributed by atoms with E-state index in [1.807, 2.05) is 65.5 Å². The highest BCUT2D eigenvalue weighted by atomic mass is 16.1. The van der Waals surface area contributed by atoms with Gasteiger partial charge >= 0.3 is 0 Å². The average Bonchev–Trinajstić information content (AvgIpc) is 2.96. The van der Waals surface area contributed by atoms with Crippen LogP contribution in [-0.4, -0.2) is 10.5 Å². The zero-order valence-corrected chi connectivity index (χ0v) is 12.1. The molecule has 1 aromatic heterocycles. The van der Waals surface area contributed by atoms with Crippen LogP contribution in [0.3, 0.4) is 0 Å². The number of benzene rings is 2. The number of aromatic nitrogens is 2. The second-order valence-electron chi connectivity index (χ2n) is 5.05. The van der Waals surface area contributed by atoms with Crippen molar-refractivity contribution in [2.24, 2.45) is 0 Å². The molecule has 3 aromatic rings. The maximum atomic E-state index is 12.0. The van der Waals surface area contributed by atoms with Gasteiger partial charge in [0.2, 0.25) is 6.33 Å². The van der Waals surface area contributed by atoms with Gasteiger partial charge in [0.05, 0.1) is 6.54 Å². The number of anilines is 1. The Morgan fingerprint density at radius 3 is 2.45 bits per heavy atom. The number of imidazole rings is 1. The summed E-state index contributed by atoms with van der Waals surface area (Å²) in [5.41, 5.74) is 2.01. The van der Waals surface area contributed by atoms with E-state index in [0.717, 1.165) is 12.2 Å². The fourth-order valence-corrected chi connectivity index (χ4v) is 2.23. The fraction of sp³-hybridized carbons (Fsp3) is 0.111. The molecule has 22 heavy (non-hydrogen) atoms. The van der Waals surface area contributed by atoms with Crippen LogP contribution in [0.5, 0.6) is 0 Å². The molecule has 0 fully saturated rings. The molecule has 0 aliphatic carbocycles. The monoisotopic (exact) mass is 291 g/mol. The van der Waals surface area contributed by atoms with E-state index >= 15 is 0 Å². The molecule has 0 aliphatic heterocycles. The van der Waals surface area contributed by atoms with Gasteiger partial charge in [-0.05, 0) is 30.1 Å². The van der Waals surface area contributed by atoms with Crippen molar-refractivity contribution in [1.29, 1.82) is 0 Å². The Hall–Kier alpha value is -2.88. The van der Waals surface area contributed by atoms with Crippen LogP contribution >= 0.6 is 0 Å². The first-order chi connectivity index (χ1) is 10.8. The third-order valence-corrected chi connectivity index (χ3v) is 3.25. The molecule has 0 atom stereocenters. The molecule has 2 aromatic carbocycles. The van der Waals surface area contributed by atoms with Gasteiger partial charge in [-0.2, -0.15) is 0 Å². The summed E-state index contributed by atoms with van der Waals surface area (Å²) in [6.45, 7) is 0.991. The number of para-hydroxylation sites is 1. The number of nitrogens with one attached hydrogen (secondary N) is 1. The number of hydrogen-bond donors (Lipinski definition) is 1. The van der Waals surface area contributed by atoms with Crippen LogP contribution in [-0.2, 0) is 17.9 Å². The van der Waals surface area contributed by atoms with E-state index < -0.39 is 0 Å². The fourth-order valence-electron chi connectivity index (χ4n) is 2.23. The van der Waals surface area contributed by atoms with Crippen LogP contribution in [0.2, 0.25) is 0 Å². The summed E-state index contributed by atoms with van der Waals surface area (Å²) in [6.07, 6.45) is 6.92. The summed E-state index contributed by atoms with van der Waals surface area (Å²) in [5.74, 6) is -0.0649. The summed E-state index contributed by atoms with van der Waals surface area (Å²) in [5, 5.41) is 2.86. The van der Waals surface area contributed by atoms with Crippen molar-refractivity contribution in [3.63, 3.8) is 0 Å². The maximum Gasteiger partial charge on any atom is 0.264 e. The summed E-state index contributed by atoms with van der Waals surface area (Å²) < 4.78 is 3.69. The molecule has 1 heterocycles. The van der Waals surface area contributed by atoms with Gasteiger partial charge in [-0.1, -0.05) is 48.5 Å².